The first-order valence-electron chi connectivity index (χ1n) is 6.78. The van der Waals surface area contributed by atoms with E-state index >= 15 is 0 Å². The maximum Gasteiger partial charge on any atom is 0.275 e. The van der Waals surface area contributed by atoms with Gasteiger partial charge in [-0.3, -0.25) is 4.79 Å². The predicted molar refractivity (Wildman–Crippen MR) is 92.1 cm³/mol. The highest BCUT2D eigenvalue weighted by Crippen LogP contribution is 2.24. The van der Waals surface area contributed by atoms with E-state index in [1.54, 1.807) is 31.4 Å². The third-order valence-corrected chi connectivity index (χ3v) is 3.88. The largest absolute Gasteiger partial charge is 0.497 e. The van der Waals surface area contributed by atoms with E-state index in [0.717, 1.165) is 11.3 Å². The van der Waals surface area contributed by atoms with Crippen molar-refractivity contribution in [1.29, 1.82) is 0 Å². The van der Waals surface area contributed by atoms with Crippen LogP contribution in [-0.4, -0.2) is 18.9 Å². The summed E-state index contributed by atoms with van der Waals surface area (Å²) in [7, 11) is 1.60. The van der Waals surface area contributed by atoms with Gasteiger partial charge in [0.15, 0.2) is 0 Å². The summed E-state index contributed by atoms with van der Waals surface area (Å²) in [5.41, 5.74) is 1.77. The van der Waals surface area contributed by atoms with Gasteiger partial charge in [0.25, 0.3) is 5.91 Å². The first-order valence-corrected chi connectivity index (χ1v) is 7.53. The van der Waals surface area contributed by atoms with Crippen LogP contribution in [0.1, 0.15) is 11.1 Å². The lowest BCUT2D eigenvalue weighted by molar-refractivity contribution is -0.115. The lowest BCUT2D eigenvalue weighted by Crippen LogP contribution is -2.24. The van der Waals surface area contributed by atoms with Gasteiger partial charge in [-0.05, 0) is 48.0 Å². The van der Waals surface area contributed by atoms with Crippen molar-refractivity contribution in [3.8, 4) is 5.75 Å². The molecule has 0 spiro atoms. The van der Waals surface area contributed by atoms with Gasteiger partial charge in [-0.25, -0.2) is 4.99 Å². The minimum Gasteiger partial charge on any atom is -0.497 e. The highest BCUT2D eigenvalue weighted by atomic mass is 35.5. The maximum absolute atomic E-state index is 12.1. The number of nitrogens with zero attached hydrogens (tertiary/aromatic N) is 1. The Morgan fingerprint density at radius 3 is 2.52 bits per heavy atom. The number of hydrogen-bond acceptors (Lipinski definition) is 3. The van der Waals surface area contributed by atoms with Crippen LogP contribution in [0.25, 0.3) is 6.08 Å². The summed E-state index contributed by atoms with van der Waals surface area (Å²) in [6.07, 6.45) is 1.63. The SMILES string of the molecule is COc1ccc(C2=N/C(=C\c3ccc(Cl)cc3Cl)C(=O)N2)cc1. The number of benzene rings is 2. The lowest BCUT2D eigenvalue weighted by Gasteiger charge is -2.02. The molecule has 3 rings (SSSR count). The van der Waals surface area contributed by atoms with Gasteiger partial charge in [-0.1, -0.05) is 29.3 Å². The van der Waals surface area contributed by atoms with E-state index in [1.807, 2.05) is 24.3 Å². The Kier molecular flexibility index (Phi) is 4.37. The highest BCUT2D eigenvalue weighted by Gasteiger charge is 2.21. The molecule has 1 aliphatic heterocycles. The number of hydrogen-bond donors (Lipinski definition) is 1. The quantitative estimate of drug-likeness (QED) is 0.856. The Morgan fingerprint density at radius 2 is 1.87 bits per heavy atom. The molecule has 1 amide bonds. The van der Waals surface area contributed by atoms with Crippen LogP contribution in [0.4, 0.5) is 0 Å². The number of amides is 1. The Bertz CT molecular complexity index is 827. The van der Waals surface area contributed by atoms with Crippen molar-refractivity contribution in [3.63, 3.8) is 0 Å². The minimum atomic E-state index is -0.276. The normalized spacial score (nSPS) is 15.5. The summed E-state index contributed by atoms with van der Waals surface area (Å²) in [5.74, 6) is 0.957. The van der Waals surface area contributed by atoms with E-state index in [-0.39, 0.29) is 5.91 Å². The van der Waals surface area contributed by atoms with Gasteiger partial charge < -0.3 is 10.1 Å². The molecule has 2 aromatic carbocycles. The molecule has 0 unspecified atom stereocenters. The molecule has 2 aromatic rings. The van der Waals surface area contributed by atoms with Crippen LogP contribution >= 0.6 is 23.2 Å². The fraction of sp³-hybridized carbons (Fsp3) is 0.0588. The fourth-order valence-corrected chi connectivity index (χ4v) is 2.58. The molecule has 0 saturated heterocycles. The molecule has 0 saturated carbocycles. The van der Waals surface area contributed by atoms with Crippen molar-refractivity contribution in [2.45, 2.75) is 0 Å². The Labute approximate surface area is 143 Å². The van der Waals surface area contributed by atoms with Crippen LogP contribution in [0.5, 0.6) is 5.75 Å². The Balaban J connectivity index is 1.92. The molecule has 0 atom stereocenters. The van der Waals surface area contributed by atoms with Crippen LogP contribution in [0.2, 0.25) is 10.0 Å². The van der Waals surface area contributed by atoms with Crippen LogP contribution in [0.15, 0.2) is 53.2 Å². The van der Waals surface area contributed by atoms with Gasteiger partial charge in [0, 0.05) is 15.6 Å². The van der Waals surface area contributed by atoms with Crippen LogP contribution in [0, 0.1) is 0 Å². The van der Waals surface area contributed by atoms with Crippen LogP contribution < -0.4 is 10.1 Å². The highest BCUT2D eigenvalue weighted by molar-refractivity contribution is 6.35. The molecular weight excluding hydrogens is 335 g/mol. The molecule has 0 aliphatic carbocycles. The third-order valence-electron chi connectivity index (χ3n) is 3.32. The van der Waals surface area contributed by atoms with Gasteiger partial charge in [0.1, 0.15) is 17.3 Å². The van der Waals surface area contributed by atoms with Gasteiger partial charge in [0.2, 0.25) is 0 Å². The summed E-state index contributed by atoms with van der Waals surface area (Å²) in [4.78, 5) is 16.4. The van der Waals surface area contributed by atoms with E-state index in [9.17, 15) is 4.79 Å². The maximum atomic E-state index is 12.1. The van der Waals surface area contributed by atoms with E-state index < -0.39 is 0 Å². The number of rotatable bonds is 3. The monoisotopic (exact) mass is 346 g/mol. The van der Waals surface area contributed by atoms with Crippen molar-refractivity contribution < 1.29 is 9.53 Å². The summed E-state index contributed by atoms with van der Waals surface area (Å²) < 4.78 is 5.11. The second kappa shape index (κ2) is 6.44. The zero-order valence-corrected chi connectivity index (χ0v) is 13.7. The van der Waals surface area contributed by atoms with Crippen molar-refractivity contribution in [3.05, 3.63) is 69.3 Å². The van der Waals surface area contributed by atoms with Crippen molar-refractivity contribution >= 4 is 41.0 Å². The second-order valence-electron chi connectivity index (χ2n) is 4.84. The summed E-state index contributed by atoms with van der Waals surface area (Å²) in [6, 6.07) is 12.3. The first-order chi connectivity index (χ1) is 11.1. The van der Waals surface area contributed by atoms with Gasteiger partial charge >= 0.3 is 0 Å². The molecule has 0 fully saturated rings. The number of halogens is 2. The van der Waals surface area contributed by atoms with Crippen molar-refractivity contribution in [2.75, 3.05) is 7.11 Å². The average Bonchev–Trinajstić information content (AvgIpc) is 2.91. The zero-order valence-electron chi connectivity index (χ0n) is 12.1. The fourth-order valence-electron chi connectivity index (χ4n) is 2.12. The van der Waals surface area contributed by atoms with E-state index in [2.05, 4.69) is 10.3 Å². The molecule has 6 heteroatoms. The van der Waals surface area contributed by atoms with Crippen LogP contribution in [0.3, 0.4) is 0 Å². The molecule has 0 bridgehead atoms. The Morgan fingerprint density at radius 1 is 1.13 bits per heavy atom. The minimum absolute atomic E-state index is 0.276. The molecule has 0 radical (unpaired) electrons. The number of carbonyl (C=O) groups excluding carboxylic acids is 1. The topological polar surface area (TPSA) is 50.7 Å². The summed E-state index contributed by atoms with van der Waals surface area (Å²) >= 11 is 12.0. The Hall–Kier alpha value is -2.30. The van der Waals surface area contributed by atoms with Crippen molar-refractivity contribution in [1.82, 2.24) is 5.32 Å². The van der Waals surface area contributed by atoms with E-state index in [1.165, 1.54) is 0 Å². The smallest absolute Gasteiger partial charge is 0.275 e. The number of carbonyl (C=O) groups is 1. The van der Waals surface area contributed by atoms with E-state index in [4.69, 9.17) is 27.9 Å². The number of aliphatic imine (C=N–C) groups is 1. The first kappa shape index (κ1) is 15.6. The average molecular weight is 347 g/mol. The lowest BCUT2D eigenvalue weighted by atomic mass is 10.2. The van der Waals surface area contributed by atoms with Gasteiger partial charge in [-0.2, -0.15) is 0 Å². The molecule has 116 valence electrons. The molecule has 1 heterocycles. The number of methoxy groups -OCH3 is 1. The standard InChI is InChI=1S/C17H12Cl2N2O2/c1-23-13-6-3-10(4-7-13)16-20-15(17(22)21-16)8-11-2-5-12(18)9-14(11)19/h2-9H,1H3,(H,20,21,22)/b15-8-. The zero-order chi connectivity index (χ0) is 16.4. The van der Waals surface area contributed by atoms with Gasteiger partial charge in [-0.15, -0.1) is 0 Å². The van der Waals surface area contributed by atoms with Crippen LogP contribution in [-0.2, 0) is 4.79 Å². The molecule has 4 nitrogen and oxygen atoms in total. The summed E-state index contributed by atoms with van der Waals surface area (Å²) in [5, 5.41) is 3.74. The molecular formula is C17H12Cl2N2O2. The third kappa shape index (κ3) is 3.38. The molecule has 1 N–H and O–H groups in total. The number of ether oxygens (including phenoxy) is 1. The summed E-state index contributed by atoms with van der Waals surface area (Å²) in [6.45, 7) is 0. The molecule has 1 aliphatic rings. The van der Waals surface area contributed by atoms with Gasteiger partial charge in [0.05, 0.1) is 7.11 Å². The second-order valence-corrected chi connectivity index (χ2v) is 5.68. The van der Waals surface area contributed by atoms with E-state index in [0.29, 0.717) is 27.1 Å². The molecule has 0 aromatic heterocycles. The number of amidine groups is 1. The predicted octanol–water partition coefficient (Wildman–Crippen LogP) is 3.92. The van der Waals surface area contributed by atoms with Crippen molar-refractivity contribution in [2.24, 2.45) is 4.99 Å². The molecule has 23 heavy (non-hydrogen) atoms. The number of nitrogens with one attached hydrogen (secondary N) is 1.